The van der Waals surface area contributed by atoms with Crippen molar-refractivity contribution in [3.05, 3.63) is 0 Å². The first-order valence-electron chi connectivity index (χ1n) is 29.3. The van der Waals surface area contributed by atoms with Crippen LogP contribution in [0.1, 0.15) is 113 Å². The van der Waals surface area contributed by atoms with Crippen molar-refractivity contribution in [1.29, 1.82) is 0 Å². The maximum atomic E-state index is 9.68. The highest BCUT2D eigenvalue weighted by Gasteiger charge is 2.48. The van der Waals surface area contributed by atoms with Gasteiger partial charge in [0.1, 0.15) is 122 Å². The number of ether oxygens (including phenoxy) is 11. The summed E-state index contributed by atoms with van der Waals surface area (Å²) in [5.74, 6) is 0. The second-order valence-electron chi connectivity index (χ2n) is 20.6. The van der Waals surface area contributed by atoms with Crippen LogP contribution >= 0.6 is 0 Å². The van der Waals surface area contributed by atoms with E-state index in [1.54, 1.807) is 0 Å². The first-order valence-corrected chi connectivity index (χ1v) is 29.3. The third-order valence-electron chi connectivity index (χ3n) is 13.7. The Labute approximate surface area is 498 Å². The molecule has 0 aromatic rings. The van der Waals surface area contributed by atoms with Crippen LogP contribution in [0.3, 0.4) is 0 Å². The number of hydrogen-bond acceptors (Lipinski definition) is 31. The Morgan fingerprint density at radius 3 is 0.729 bits per heavy atom. The van der Waals surface area contributed by atoms with E-state index in [-0.39, 0.29) is 14.0 Å². The maximum absolute atomic E-state index is 9.68. The van der Waals surface area contributed by atoms with Gasteiger partial charge >= 0.3 is 0 Å². The van der Waals surface area contributed by atoms with Gasteiger partial charge in [-0.05, 0) is 32.1 Å². The van der Waals surface area contributed by atoms with E-state index in [0.29, 0.717) is 39.6 Å². The summed E-state index contributed by atoms with van der Waals surface area (Å²) in [4.78, 5) is 0. The van der Waals surface area contributed by atoms with Crippen LogP contribution in [0, 0.1) is 0 Å². The zero-order chi connectivity index (χ0) is 63.5. The quantitative estimate of drug-likeness (QED) is 0.0310. The van der Waals surface area contributed by atoms with Gasteiger partial charge in [-0.25, -0.2) is 0 Å². The molecular formula is C54H110O31. The molecule has 512 valence electrons. The summed E-state index contributed by atoms with van der Waals surface area (Å²) in [6.45, 7) is 10.6. The molecule has 0 aliphatic carbocycles. The molecular weight excluding hydrogens is 1140 g/mol. The van der Waals surface area contributed by atoms with Gasteiger partial charge in [-0.2, -0.15) is 0 Å². The minimum Gasteiger partial charge on any atom is -0.394 e. The zero-order valence-corrected chi connectivity index (χ0v) is 49.1. The third-order valence-corrected chi connectivity index (χ3v) is 13.7. The molecule has 5 rings (SSSR count). The minimum atomic E-state index is -1.41. The molecule has 5 heterocycles. The molecule has 0 amide bonds. The summed E-state index contributed by atoms with van der Waals surface area (Å²) in [5, 5.41) is 188. The average molecular weight is 1260 g/mol. The Morgan fingerprint density at radius 1 is 0.235 bits per heavy atom. The highest BCUT2D eigenvalue weighted by Crippen LogP contribution is 2.26. The summed E-state index contributed by atoms with van der Waals surface area (Å²) in [7, 11) is 0. The van der Waals surface area contributed by atoms with Gasteiger partial charge in [0.05, 0.1) is 46.2 Å². The van der Waals surface area contributed by atoms with E-state index in [4.69, 9.17) is 77.6 Å². The second-order valence-corrected chi connectivity index (χ2v) is 20.6. The molecule has 20 N–H and O–H groups in total. The van der Waals surface area contributed by atoms with Crippen LogP contribution in [0.25, 0.3) is 0 Å². The molecule has 10 unspecified atom stereocenters. The van der Waals surface area contributed by atoms with Crippen molar-refractivity contribution < 1.29 is 154 Å². The van der Waals surface area contributed by atoms with Crippen LogP contribution < -0.4 is 0 Å². The Kier molecular flexibility index (Phi) is 46.9. The number of aliphatic hydroxyl groups is 20. The lowest BCUT2D eigenvalue weighted by atomic mass is 9.99. The van der Waals surface area contributed by atoms with Gasteiger partial charge in [0.2, 0.25) is 0 Å². The monoisotopic (exact) mass is 1250 g/mol. The second kappa shape index (κ2) is 47.6. The Morgan fingerprint density at radius 2 is 0.471 bits per heavy atom. The van der Waals surface area contributed by atoms with Crippen molar-refractivity contribution >= 4 is 0 Å². The van der Waals surface area contributed by atoms with Crippen molar-refractivity contribution in [1.82, 2.24) is 0 Å². The standard InChI is InChI=1S/C12H24O6.C11H22O7.C11H22O6.C10H20O6.C9H18O6.CH4/c1-2-3-4-5-6-17-12-11(16)10(15)9(14)8(7-13)18-12;1-2-3-16-4-5-17-11-10(15)9(14)8(13)7(6-12)18-11;1-2-3-4-5-16-11-10(15)9(14)8(13)7(6-12)17-11;1-2-3-4-15-10-9(14)8(13)7(12)6(5-11)16-10;1-2-3-14-9-8(13)7(12)6(11)5(4-10)15-9;/h8-16H,2-7H2,1H3;7-15H,2-6H2,1H3;7-15H,2-6H2,1H3;6-14H,2-5H2,1H3;5-13H,2-4H2,1H3;1H4/t8?,9-,10-,11?,12+;2*7?,8-,9-,10?,11+;6?,7-,8-,9?,10+;5?,6-,7-,8?,9+;/m00000./s1. The lowest BCUT2D eigenvalue weighted by Crippen LogP contribution is -2.59. The molecule has 5 aliphatic rings. The first-order chi connectivity index (χ1) is 40.1. The molecule has 5 fully saturated rings. The van der Waals surface area contributed by atoms with Gasteiger partial charge < -0.3 is 154 Å². The molecule has 0 bridgehead atoms. The summed E-state index contributed by atoms with van der Waals surface area (Å²) in [6.07, 6.45) is -19.2. The maximum Gasteiger partial charge on any atom is 0.186 e. The fraction of sp³-hybridized carbons (Fsp3) is 1.00. The number of rotatable bonds is 29. The molecule has 5 aliphatic heterocycles. The summed E-state index contributed by atoms with van der Waals surface area (Å²) in [6, 6.07) is 0. The number of unbranched alkanes of at least 4 members (excludes halogenated alkanes) is 6. The number of aliphatic hydroxyl groups excluding tert-OH is 20. The van der Waals surface area contributed by atoms with Gasteiger partial charge in [0.25, 0.3) is 0 Å². The first kappa shape index (κ1) is 83.8. The Bertz CT molecular complexity index is 1500. The summed E-state index contributed by atoms with van der Waals surface area (Å²) < 4.78 is 57.2. The molecule has 25 atom stereocenters. The van der Waals surface area contributed by atoms with Crippen molar-refractivity contribution in [2.75, 3.05) is 79.3 Å². The van der Waals surface area contributed by atoms with E-state index >= 15 is 0 Å². The van der Waals surface area contributed by atoms with Crippen molar-refractivity contribution in [2.45, 2.75) is 266 Å². The van der Waals surface area contributed by atoms with Gasteiger partial charge in [-0.3, -0.25) is 0 Å². The predicted octanol–water partition coefficient (Wildman–Crippen LogP) is -5.94. The van der Waals surface area contributed by atoms with E-state index in [2.05, 4.69) is 13.8 Å². The fourth-order valence-electron chi connectivity index (χ4n) is 8.35. The highest BCUT2D eigenvalue weighted by molar-refractivity contribution is 4.92. The molecule has 31 nitrogen and oxygen atoms in total. The van der Waals surface area contributed by atoms with Crippen molar-refractivity contribution in [3.63, 3.8) is 0 Å². The normalized spacial score (nSPS) is 38.2. The van der Waals surface area contributed by atoms with Crippen LogP contribution in [0.4, 0.5) is 0 Å². The van der Waals surface area contributed by atoms with Gasteiger partial charge in [-0.15, -0.1) is 0 Å². The smallest absolute Gasteiger partial charge is 0.186 e. The van der Waals surface area contributed by atoms with Gasteiger partial charge in [0.15, 0.2) is 31.5 Å². The molecule has 0 aromatic heterocycles. The molecule has 85 heavy (non-hydrogen) atoms. The topological polar surface area (TPSA) is 506 Å². The summed E-state index contributed by atoms with van der Waals surface area (Å²) in [5.41, 5.74) is 0. The van der Waals surface area contributed by atoms with E-state index in [1.807, 2.05) is 20.8 Å². The summed E-state index contributed by atoms with van der Waals surface area (Å²) >= 11 is 0. The fourth-order valence-corrected chi connectivity index (χ4v) is 8.35. The van der Waals surface area contributed by atoms with Crippen LogP contribution in [0.5, 0.6) is 0 Å². The van der Waals surface area contributed by atoms with E-state index in [9.17, 15) is 76.6 Å². The molecule has 31 heteroatoms. The Hall–Kier alpha value is -1.24. The molecule has 5 saturated heterocycles. The van der Waals surface area contributed by atoms with E-state index < -0.39 is 187 Å². The average Bonchev–Trinajstić information content (AvgIpc) is 3.29. The molecule has 0 aromatic carbocycles. The minimum absolute atomic E-state index is 0. The van der Waals surface area contributed by atoms with Gasteiger partial charge in [0, 0.05) is 33.0 Å². The van der Waals surface area contributed by atoms with Crippen LogP contribution in [-0.2, 0) is 52.1 Å². The lowest BCUT2D eigenvalue weighted by Gasteiger charge is -2.39. The van der Waals surface area contributed by atoms with Crippen molar-refractivity contribution in [3.8, 4) is 0 Å². The highest BCUT2D eigenvalue weighted by atomic mass is 16.7. The van der Waals surface area contributed by atoms with Crippen LogP contribution in [0.15, 0.2) is 0 Å². The van der Waals surface area contributed by atoms with Gasteiger partial charge in [-0.1, -0.05) is 80.6 Å². The predicted molar refractivity (Wildman–Crippen MR) is 295 cm³/mol. The third kappa shape index (κ3) is 28.4. The zero-order valence-electron chi connectivity index (χ0n) is 49.1. The van der Waals surface area contributed by atoms with E-state index in [0.717, 1.165) is 70.6 Å². The van der Waals surface area contributed by atoms with Crippen LogP contribution in [-0.4, -0.2) is 335 Å². The van der Waals surface area contributed by atoms with E-state index in [1.165, 1.54) is 0 Å². The SMILES string of the molecule is C.CCCCCCO[C@@H]1OC(CO)[C@H](O)[C@H](O)C1O.CCCCCO[C@@H]1OC(CO)[C@H](O)[C@H](O)C1O.CCCCO[C@@H]1OC(CO)[C@H](O)[C@H](O)C1O.CCCOCCO[C@@H]1OC(CO)[C@H](O)[C@H](O)C1O.CCCO[C@@H]1OC(CO)[C@H](O)[C@H](O)C1O. The number of hydrogen-bond donors (Lipinski definition) is 20. The largest absolute Gasteiger partial charge is 0.394 e. The van der Waals surface area contributed by atoms with Crippen LogP contribution in [0.2, 0.25) is 0 Å². The molecule has 0 radical (unpaired) electrons. The van der Waals surface area contributed by atoms with Crippen molar-refractivity contribution in [2.24, 2.45) is 0 Å². The Balaban J connectivity index is 0.00000104. The lowest BCUT2D eigenvalue weighted by molar-refractivity contribution is -0.302. The molecule has 0 spiro atoms. The molecule has 0 saturated carbocycles.